The molecule has 0 aromatic carbocycles. The summed E-state index contributed by atoms with van der Waals surface area (Å²) in [6.45, 7) is 7.47. The first-order valence-corrected chi connectivity index (χ1v) is 11.0. The van der Waals surface area contributed by atoms with Gasteiger partial charge in [0.2, 0.25) is 0 Å². The largest absolute Gasteiger partial charge is 0.417 e. The molecule has 1 aliphatic heterocycles. The Morgan fingerprint density at radius 1 is 1.15 bits per heavy atom. The van der Waals surface area contributed by atoms with Crippen LogP contribution in [0.1, 0.15) is 47.1 Å². The number of alkyl halides is 3. The summed E-state index contributed by atoms with van der Waals surface area (Å²) in [5.74, 6) is 0.306. The van der Waals surface area contributed by atoms with Crippen LogP contribution in [-0.4, -0.2) is 56.7 Å². The van der Waals surface area contributed by atoms with Crippen LogP contribution in [0.25, 0.3) is 11.0 Å². The first-order chi connectivity index (χ1) is 15.5. The van der Waals surface area contributed by atoms with Gasteiger partial charge >= 0.3 is 6.18 Å². The number of hydrogen-bond donors (Lipinski definition) is 0. The van der Waals surface area contributed by atoms with Gasteiger partial charge in [-0.2, -0.15) is 18.3 Å². The van der Waals surface area contributed by atoms with Crippen molar-refractivity contribution in [1.29, 1.82) is 0 Å². The van der Waals surface area contributed by atoms with Gasteiger partial charge in [0.05, 0.1) is 27.2 Å². The van der Waals surface area contributed by atoms with Crippen LogP contribution in [0, 0.1) is 6.92 Å². The number of aromatic nitrogens is 4. The number of halogens is 4. The Balaban J connectivity index is 1.57. The van der Waals surface area contributed by atoms with Gasteiger partial charge in [-0.25, -0.2) is 9.97 Å². The quantitative estimate of drug-likeness (QED) is 0.555. The summed E-state index contributed by atoms with van der Waals surface area (Å²) >= 11 is 6.09. The molecule has 11 heteroatoms. The molecule has 0 atom stereocenters. The molecule has 1 aliphatic rings. The van der Waals surface area contributed by atoms with E-state index in [0.29, 0.717) is 37.4 Å². The molecule has 4 heterocycles. The molecule has 1 fully saturated rings. The van der Waals surface area contributed by atoms with Crippen molar-refractivity contribution < 1.29 is 18.0 Å². The summed E-state index contributed by atoms with van der Waals surface area (Å²) in [6.07, 6.45) is -3.72. The van der Waals surface area contributed by atoms with E-state index >= 15 is 0 Å². The molecule has 3 aromatic rings. The SMILES string of the molecule is Cc1nn(C)c2nc(C(C)C)cc(C(=O)N3CCN(c4ncc(C(F)(F)F)cc4Cl)CC3)c12. The summed E-state index contributed by atoms with van der Waals surface area (Å²) in [5, 5.41) is 5.11. The number of carbonyl (C=O) groups is 1. The van der Waals surface area contributed by atoms with E-state index in [-0.39, 0.29) is 22.7 Å². The van der Waals surface area contributed by atoms with Crippen LogP contribution < -0.4 is 4.90 Å². The number of hydrogen-bond acceptors (Lipinski definition) is 5. The topological polar surface area (TPSA) is 67.2 Å². The number of aryl methyl sites for hydroxylation is 2. The average Bonchev–Trinajstić information content (AvgIpc) is 3.05. The molecule has 0 aliphatic carbocycles. The minimum absolute atomic E-state index is 0.0620. The molecule has 0 spiro atoms. The van der Waals surface area contributed by atoms with Gasteiger partial charge < -0.3 is 9.80 Å². The van der Waals surface area contributed by atoms with E-state index in [2.05, 4.69) is 15.1 Å². The molecule has 176 valence electrons. The lowest BCUT2D eigenvalue weighted by molar-refractivity contribution is -0.137. The zero-order chi connectivity index (χ0) is 24.1. The Morgan fingerprint density at radius 3 is 2.39 bits per heavy atom. The molecule has 1 saturated heterocycles. The molecule has 0 bridgehead atoms. The van der Waals surface area contributed by atoms with Crippen LogP contribution in [0.15, 0.2) is 18.3 Å². The number of piperazine rings is 1. The molecular weight excluding hydrogens is 457 g/mol. The molecule has 0 saturated carbocycles. The van der Waals surface area contributed by atoms with Gasteiger partial charge in [-0.1, -0.05) is 25.4 Å². The molecule has 0 unspecified atom stereocenters. The Hall–Kier alpha value is -2.88. The summed E-state index contributed by atoms with van der Waals surface area (Å²) in [7, 11) is 1.81. The van der Waals surface area contributed by atoms with E-state index in [1.165, 1.54) is 0 Å². The number of anilines is 1. The third kappa shape index (κ3) is 4.36. The highest BCUT2D eigenvalue weighted by Crippen LogP contribution is 2.34. The molecule has 3 aromatic heterocycles. The van der Waals surface area contributed by atoms with Gasteiger partial charge in [0, 0.05) is 45.1 Å². The van der Waals surface area contributed by atoms with E-state index in [0.717, 1.165) is 29.0 Å². The fourth-order valence-corrected chi connectivity index (χ4v) is 4.32. The van der Waals surface area contributed by atoms with Gasteiger partial charge in [-0.15, -0.1) is 0 Å². The lowest BCUT2D eigenvalue weighted by atomic mass is 10.0. The summed E-state index contributed by atoms with van der Waals surface area (Å²) in [4.78, 5) is 25.6. The Labute approximate surface area is 194 Å². The maximum absolute atomic E-state index is 13.5. The van der Waals surface area contributed by atoms with Crippen molar-refractivity contribution in [3.8, 4) is 0 Å². The smallest absolute Gasteiger partial charge is 0.352 e. The number of carbonyl (C=O) groups excluding carboxylic acids is 1. The minimum atomic E-state index is -4.50. The van der Waals surface area contributed by atoms with E-state index < -0.39 is 11.7 Å². The van der Waals surface area contributed by atoms with Crippen molar-refractivity contribution in [3.05, 3.63) is 45.9 Å². The van der Waals surface area contributed by atoms with Gasteiger partial charge in [0.1, 0.15) is 5.82 Å². The van der Waals surface area contributed by atoms with Crippen LogP contribution in [-0.2, 0) is 13.2 Å². The van der Waals surface area contributed by atoms with Crippen LogP contribution in [0.5, 0.6) is 0 Å². The van der Waals surface area contributed by atoms with E-state index in [1.54, 1.807) is 21.5 Å². The molecular formula is C22H24ClF3N6O. The first kappa shape index (κ1) is 23.3. The molecule has 1 amide bonds. The highest BCUT2D eigenvalue weighted by molar-refractivity contribution is 6.33. The van der Waals surface area contributed by atoms with Gasteiger partial charge in [0.25, 0.3) is 5.91 Å². The Bertz CT molecular complexity index is 1220. The second-order valence-electron chi connectivity index (χ2n) is 8.46. The standard InChI is InChI=1S/C22H24ClF3N6O/c1-12(2)17-10-15(18-13(3)29-30(4)20(18)28-17)21(33)32-7-5-31(6-8-32)19-16(23)9-14(11-27-19)22(24,25)26/h9-12H,5-8H2,1-4H3. The predicted molar refractivity (Wildman–Crippen MR) is 120 cm³/mol. The first-order valence-electron chi connectivity index (χ1n) is 10.6. The van der Waals surface area contributed by atoms with Crippen LogP contribution in [0.4, 0.5) is 19.0 Å². The zero-order valence-corrected chi connectivity index (χ0v) is 19.5. The normalized spacial score (nSPS) is 15.1. The zero-order valence-electron chi connectivity index (χ0n) is 18.7. The van der Waals surface area contributed by atoms with Crippen LogP contribution >= 0.6 is 11.6 Å². The van der Waals surface area contributed by atoms with E-state index in [4.69, 9.17) is 11.6 Å². The predicted octanol–water partition coefficient (Wildman–Crippen LogP) is 4.43. The van der Waals surface area contributed by atoms with E-state index in [9.17, 15) is 18.0 Å². The fraction of sp³-hybridized carbons (Fsp3) is 0.455. The summed E-state index contributed by atoms with van der Waals surface area (Å²) in [6, 6.07) is 2.72. The van der Waals surface area contributed by atoms with Crippen molar-refractivity contribution in [2.75, 3.05) is 31.1 Å². The number of rotatable bonds is 3. The lowest BCUT2D eigenvalue weighted by Gasteiger charge is -2.36. The maximum atomic E-state index is 13.5. The van der Waals surface area contributed by atoms with Crippen molar-refractivity contribution in [2.45, 2.75) is 32.9 Å². The van der Waals surface area contributed by atoms with Gasteiger partial charge in [0.15, 0.2) is 5.65 Å². The second kappa shape index (κ2) is 8.48. The Morgan fingerprint density at radius 2 is 1.82 bits per heavy atom. The van der Waals surface area contributed by atoms with Gasteiger partial charge in [-0.3, -0.25) is 9.48 Å². The molecule has 7 nitrogen and oxygen atoms in total. The maximum Gasteiger partial charge on any atom is 0.417 e. The highest BCUT2D eigenvalue weighted by Gasteiger charge is 2.33. The van der Waals surface area contributed by atoms with Crippen molar-refractivity contribution in [1.82, 2.24) is 24.6 Å². The number of pyridine rings is 2. The molecule has 0 radical (unpaired) electrons. The van der Waals surface area contributed by atoms with Crippen molar-refractivity contribution in [3.63, 3.8) is 0 Å². The summed E-state index contributed by atoms with van der Waals surface area (Å²) < 4.78 is 40.4. The monoisotopic (exact) mass is 480 g/mol. The van der Waals surface area contributed by atoms with E-state index in [1.807, 2.05) is 26.8 Å². The fourth-order valence-electron chi connectivity index (χ4n) is 4.04. The lowest BCUT2D eigenvalue weighted by Crippen LogP contribution is -2.49. The van der Waals surface area contributed by atoms with Crippen molar-refractivity contribution in [2.24, 2.45) is 7.05 Å². The number of amides is 1. The molecule has 33 heavy (non-hydrogen) atoms. The average molecular weight is 481 g/mol. The minimum Gasteiger partial charge on any atom is -0.352 e. The van der Waals surface area contributed by atoms with Gasteiger partial charge in [-0.05, 0) is 25.0 Å². The number of nitrogens with zero attached hydrogens (tertiary/aromatic N) is 6. The third-order valence-corrected chi connectivity index (χ3v) is 6.10. The number of fused-ring (bicyclic) bond motifs is 1. The summed E-state index contributed by atoms with van der Waals surface area (Å²) in [5.41, 5.74) is 1.89. The third-order valence-electron chi connectivity index (χ3n) is 5.83. The Kier molecular flexibility index (Phi) is 5.98. The van der Waals surface area contributed by atoms with Crippen LogP contribution in [0.3, 0.4) is 0 Å². The highest BCUT2D eigenvalue weighted by atomic mass is 35.5. The van der Waals surface area contributed by atoms with Crippen molar-refractivity contribution >= 4 is 34.4 Å². The van der Waals surface area contributed by atoms with Crippen LogP contribution in [0.2, 0.25) is 5.02 Å². The second-order valence-corrected chi connectivity index (χ2v) is 8.87. The molecule has 4 rings (SSSR count). The molecule has 0 N–H and O–H groups in total.